The largest absolute Gasteiger partial charge is 0.439 e. The summed E-state index contributed by atoms with van der Waals surface area (Å²) in [5.74, 6) is 0.983. The number of carbonyl (C=O) groups excluding carboxylic acids is 1. The first-order valence-corrected chi connectivity index (χ1v) is 9.75. The molecule has 3 N–H and O–H groups in total. The molecule has 2 aromatic rings. The van der Waals surface area contributed by atoms with Gasteiger partial charge in [-0.25, -0.2) is 4.98 Å². The maximum atomic E-state index is 12.8. The minimum atomic E-state index is -0.970. The molecule has 30 heavy (non-hydrogen) atoms. The fraction of sp³-hybridized carbons (Fsp3) is 0.455. The Morgan fingerprint density at radius 3 is 2.53 bits per heavy atom. The van der Waals surface area contributed by atoms with Gasteiger partial charge in [0.2, 0.25) is 11.8 Å². The van der Waals surface area contributed by atoms with Gasteiger partial charge in [-0.2, -0.15) is 0 Å². The summed E-state index contributed by atoms with van der Waals surface area (Å²) in [5, 5.41) is 2.87. The van der Waals surface area contributed by atoms with E-state index in [0.29, 0.717) is 24.6 Å². The summed E-state index contributed by atoms with van der Waals surface area (Å²) in [6.45, 7) is 8.59. The number of aromatic nitrogens is 1. The molecule has 1 saturated carbocycles. The lowest BCUT2D eigenvalue weighted by molar-refractivity contribution is -0.166. The average Bonchev–Trinajstić information content (AvgIpc) is 2.69. The second-order valence-electron chi connectivity index (χ2n) is 7.78. The number of nitrogens with two attached hydrogens (primary N) is 1. The smallest absolute Gasteiger partial charge is 0.245 e. The van der Waals surface area contributed by atoms with E-state index in [-0.39, 0.29) is 36.8 Å². The zero-order valence-electron chi connectivity index (χ0n) is 17.8. The third-order valence-corrected chi connectivity index (χ3v) is 5.76. The summed E-state index contributed by atoms with van der Waals surface area (Å²) >= 11 is 0. The van der Waals surface area contributed by atoms with E-state index in [1.54, 1.807) is 18.3 Å². The predicted molar refractivity (Wildman–Crippen MR) is 124 cm³/mol. The van der Waals surface area contributed by atoms with Gasteiger partial charge < -0.3 is 20.5 Å². The third-order valence-electron chi connectivity index (χ3n) is 5.76. The highest BCUT2D eigenvalue weighted by Crippen LogP contribution is 2.50. The second-order valence-corrected chi connectivity index (χ2v) is 7.78. The van der Waals surface area contributed by atoms with Crippen LogP contribution in [0.5, 0.6) is 11.6 Å². The Kier molecular flexibility index (Phi) is 9.11. The Hall–Kier alpha value is -1.86. The summed E-state index contributed by atoms with van der Waals surface area (Å²) in [6, 6.07) is 11.4. The van der Waals surface area contributed by atoms with Crippen LogP contribution in [0.2, 0.25) is 0 Å². The normalized spacial score (nSPS) is 21.4. The molecule has 166 valence electrons. The summed E-state index contributed by atoms with van der Waals surface area (Å²) in [6.07, 6.45) is 3.01. The number of benzene rings is 1. The molecule has 0 saturated heterocycles. The van der Waals surface area contributed by atoms with Crippen LogP contribution in [0.3, 0.4) is 0 Å². The molecule has 1 aromatic heterocycles. The van der Waals surface area contributed by atoms with Crippen molar-refractivity contribution in [2.45, 2.75) is 52.2 Å². The Labute approximate surface area is 190 Å². The van der Waals surface area contributed by atoms with Gasteiger partial charge in [-0.3, -0.25) is 4.79 Å². The number of hydrogen-bond donors (Lipinski definition) is 2. The number of aryl methyl sites for hydroxylation is 1. The summed E-state index contributed by atoms with van der Waals surface area (Å²) < 4.78 is 11.5. The summed E-state index contributed by atoms with van der Waals surface area (Å²) in [5.41, 5.74) is 6.79. The molecule has 0 radical (unpaired) electrons. The molecule has 1 fully saturated rings. The molecule has 0 bridgehead atoms. The first kappa shape index (κ1) is 26.2. The van der Waals surface area contributed by atoms with Gasteiger partial charge in [0.05, 0.1) is 18.0 Å². The van der Waals surface area contributed by atoms with Gasteiger partial charge in [-0.1, -0.05) is 32.9 Å². The van der Waals surface area contributed by atoms with Crippen LogP contribution in [0.4, 0.5) is 5.69 Å². The SMILES string of the molecule is CCOC1CC(N)(C(=O)Nc2ccc(Oc3cccc(CC)c3)nc2)C1(C)C.Cl.Cl. The van der Waals surface area contributed by atoms with Crippen molar-refractivity contribution in [2.75, 3.05) is 11.9 Å². The van der Waals surface area contributed by atoms with Crippen LogP contribution < -0.4 is 15.8 Å². The predicted octanol–water partition coefficient (Wildman–Crippen LogP) is 4.75. The number of ether oxygens (including phenoxy) is 2. The number of rotatable bonds is 7. The van der Waals surface area contributed by atoms with Gasteiger partial charge in [-0.15, -0.1) is 24.8 Å². The monoisotopic (exact) mass is 455 g/mol. The fourth-order valence-electron chi connectivity index (χ4n) is 3.53. The van der Waals surface area contributed by atoms with Crippen LogP contribution in [0.1, 0.15) is 39.7 Å². The highest BCUT2D eigenvalue weighted by Gasteiger charge is 2.62. The lowest BCUT2D eigenvalue weighted by Gasteiger charge is -2.57. The van der Waals surface area contributed by atoms with Crippen LogP contribution in [0.25, 0.3) is 0 Å². The molecule has 1 heterocycles. The van der Waals surface area contributed by atoms with Gasteiger partial charge in [0.25, 0.3) is 0 Å². The molecule has 0 aliphatic heterocycles. The third kappa shape index (κ3) is 5.06. The Morgan fingerprint density at radius 2 is 1.97 bits per heavy atom. The highest BCUT2D eigenvalue weighted by molar-refractivity contribution is 5.99. The molecule has 8 heteroatoms. The topological polar surface area (TPSA) is 86.5 Å². The Morgan fingerprint density at radius 1 is 1.23 bits per heavy atom. The molecule has 1 aromatic carbocycles. The van der Waals surface area contributed by atoms with Crippen molar-refractivity contribution in [2.24, 2.45) is 11.1 Å². The highest BCUT2D eigenvalue weighted by atomic mass is 35.5. The molecule has 0 spiro atoms. The van der Waals surface area contributed by atoms with E-state index >= 15 is 0 Å². The van der Waals surface area contributed by atoms with Crippen LogP contribution in [-0.2, 0) is 16.0 Å². The van der Waals surface area contributed by atoms with Gasteiger partial charge in [0.1, 0.15) is 11.3 Å². The molecule has 2 atom stereocenters. The van der Waals surface area contributed by atoms with E-state index in [0.717, 1.165) is 12.2 Å². The van der Waals surface area contributed by atoms with Crippen molar-refractivity contribution < 1.29 is 14.3 Å². The van der Waals surface area contributed by atoms with E-state index in [9.17, 15) is 4.79 Å². The zero-order valence-corrected chi connectivity index (χ0v) is 19.4. The van der Waals surface area contributed by atoms with Crippen LogP contribution in [0.15, 0.2) is 42.6 Å². The molecule has 3 rings (SSSR count). The number of carbonyl (C=O) groups is 1. The number of amides is 1. The number of halogens is 2. The van der Waals surface area contributed by atoms with E-state index in [2.05, 4.69) is 23.3 Å². The van der Waals surface area contributed by atoms with Crippen molar-refractivity contribution in [1.29, 1.82) is 0 Å². The number of nitrogens with one attached hydrogen (secondary N) is 1. The minimum Gasteiger partial charge on any atom is -0.439 e. The van der Waals surface area contributed by atoms with E-state index < -0.39 is 11.0 Å². The molecule has 1 aliphatic carbocycles. The molecule has 1 amide bonds. The maximum Gasteiger partial charge on any atom is 0.245 e. The Balaban J connectivity index is 0.00000225. The first-order valence-electron chi connectivity index (χ1n) is 9.75. The van der Waals surface area contributed by atoms with Gasteiger partial charge in [0, 0.05) is 24.5 Å². The van der Waals surface area contributed by atoms with Crippen molar-refractivity contribution >= 4 is 36.4 Å². The maximum absolute atomic E-state index is 12.8. The molecule has 1 aliphatic rings. The second kappa shape index (κ2) is 10.4. The number of nitrogens with zero attached hydrogens (tertiary/aromatic N) is 1. The van der Waals surface area contributed by atoms with Crippen molar-refractivity contribution in [3.8, 4) is 11.6 Å². The van der Waals surface area contributed by atoms with Gasteiger partial charge >= 0.3 is 0 Å². The van der Waals surface area contributed by atoms with Gasteiger partial charge in [0.15, 0.2) is 0 Å². The molecule has 2 unspecified atom stereocenters. The average molecular weight is 456 g/mol. The molecular formula is C22H31Cl2N3O3. The van der Waals surface area contributed by atoms with Gasteiger partial charge in [-0.05, 0) is 37.1 Å². The number of anilines is 1. The van der Waals surface area contributed by atoms with E-state index in [1.165, 1.54) is 5.56 Å². The quantitative estimate of drug-likeness (QED) is 0.628. The Bertz CT molecular complexity index is 846. The summed E-state index contributed by atoms with van der Waals surface area (Å²) in [7, 11) is 0. The number of hydrogen-bond acceptors (Lipinski definition) is 5. The number of pyridine rings is 1. The first-order chi connectivity index (χ1) is 13.3. The minimum absolute atomic E-state index is 0. The zero-order chi connectivity index (χ0) is 20.4. The van der Waals surface area contributed by atoms with Crippen LogP contribution >= 0.6 is 24.8 Å². The standard InChI is InChI=1S/C22H29N3O3.2ClH/c1-5-15-8-7-9-17(12-15)28-19-11-10-16(14-24-19)25-20(26)22(23)13-18(27-6-2)21(22,3)4;;/h7-12,14,18H,5-6,13,23H2,1-4H3,(H,25,26);2*1H. The van der Waals surface area contributed by atoms with Crippen molar-refractivity contribution in [1.82, 2.24) is 4.98 Å². The lowest BCUT2D eigenvalue weighted by Crippen LogP contribution is -2.74. The molecular weight excluding hydrogens is 425 g/mol. The van der Waals surface area contributed by atoms with Crippen LogP contribution in [0, 0.1) is 5.41 Å². The van der Waals surface area contributed by atoms with E-state index in [4.69, 9.17) is 15.2 Å². The van der Waals surface area contributed by atoms with Crippen LogP contribution in [-0.4, -0.2) is 29.1 Å². The summed E-state index contributed by atoms with van der Waals surface area (Å²) in [4.78, 5) is 17.1. The fourth-order valence-corrected chi connectivity index (χ4v) is 3.53. The lowest BCUT2D eigenvalue weighted by atomic mass is 9.54. The van der Waals surface area contributed by atoms with Crippen molar-refractivity contribution in [3.05, 3.63) is 48.2 Å². The molecule has 6 nitrogen and oxygen atoms in total. The van der Waals surface area contributed by atoms with Crippen molar-refractivity contribution in [3.63, 3.8) is 0 Å². The van der Waals surface area contributed by atoms with E-state index in [1.807, 2.05) is 39.0 Å².